The van der Waals surface area contributed by atoms with Crippen molar-refractivity contribution in [2.45, 2.75) is 31.2 Å². The van der Waals surface area contributed by atoms with E-state index in [4.69, 9.17) is 10.3 Å². The largest absolute Gasteiger partial charge is 0.339 e. The fourth-order valence-corrected chi connectivity index (χ4v) is 1.91. The molecular formula is C9H15N3OS. The van der Waals surface area contributed by atoms with Gasteiger partial charge in [0.2, 0.25) is 5.89 Å². The molecule has 14 heavy (non-hydrogen) atoms. The molecule has 0 unspecified atom stereocenters. The van der Waals surface area contributed by atoms with Crippen LogP contribution in [0.3, 0.4) is 0 Å². The lowest BCUT2D eigenvalue weighted by atomic mass is 9.77. The Labute approximate surface area is 87.6 Å². The number of rotatable bonds is 4. The van der Waals surface area contributed by atoms with Gasteiger partial charge < -0.3 is 10.3 Å². The summed E-state index contributed by atoms with van der Waals surface area (Å²) in [6.45, 7) is 0. The first-order valence-corrected chi connectivity index (χ1v) is 6.25. The zero-order chi connectivity index (χ0) is 10.0. The average Bonchev–Trinajstić information content (AvgIpc) is 2.59. The third kappa shape index (κ3) is 1.79. The SMILES string of the molecule is CSCCc1nc(C2(N)CCC2)no1. The molecule has 1 aromatic rings. The number of aryl methyl sites for hydroxylation is 1. The van der Waals surface area contributed by atoms with Gasteiger partial charge in [0.25, 0.3) is 0 Å². The van der Waals surface area contributed by atoms with Gasteiger partial charge in [0.05, 0.1) is 5.54 Å². The molecule has 78 valence electrons. The Morgan fingerprint density at radius 3 is 2.93 bits per heavy atom. The summed E-state index contributed by atoms with van der Waals surface area (Å²) in [6.07, 6.45) is 6.03. The smallest absolute Gasteiger partial charge is 0.227 e. The lowest BCUT2D eigenvalue weighted by molar-refractivity contribution is 0.229. The second-order valence-corrected chi connectivity index (χ2v) is 4.75. The molecule has 0 aliphatic heterocycles. The normalized spacial score (nSPS) is 19.3. The zero-order valence-corrected chi connectivity index (χ0v) is 9.14. The number of aromatic nitrogens is 2. The fraction of sp³-hybridized carbons (Fsp3) is 0.778. The highest BCUT2D eigenvalue weighted by atomic mass is 32.2. The quantitative estimate of drug-likeness (QED) is 0.817. The van der Waals surface area contributed by atoms with E-state index in [1.54, 1.807) is 11.8 Å². The van der Waals surface area contributed by atoms with Crippen LogP contribution in [0.4, 0.5) is 0 Å². The van der Waals surface area contributed by atoms with Gasteiger partial charge in [-0.15, -0.1) is 0 Å². The van der Waals surface area contributed by atoms with E-state index in [9.17, 15) is 0 Å². The molecule has 0 atom stereocenters. The van der Waals surface area contributed by atoms with E-state index in [1.807, 2.05) is 0 Å². The molecule has 2 N–H and O–H groups in total. The van der Waals surface area contributed by atoms with E-state index in [0.717, 1.165) is 25.0 Å². The Morgan fingerprint density at radius 2 is 2.36 bits per heavy atom. The minimum atomic E-state index is -0.291. The van der Waals surface area contributed by atoms with Crippen LogP contribution in [0.15, 0.2) is 4.52 Å². The first-order valence-electron chi connectivity index (χ1n) is 4.85. The van der Waals surface area contributed by atoms with Gasteiger partial charge in [-0.25, -0.2) is 0 Å². The summed E-state index contributed by atoms with van der Waals surface area (Å²) in [5, 5.41) is 3.94. The van der Waals surface area contributed by atoms with Crippen molar-refractivity contribution in [3.8, 4) is 0 Å². The van der Waals surface area contributed by atoms with E-state index in [-0.39, 0.29) is 5.54 Å². The third-order valence-electron chi connectivity index (χ3n) is 2.68. The van der Waals surface area contributed by atoms with Crippen LogP contribution in [-0.2, 0) is 12.0 Å². The molecule has 1 aliphatic carbocycles. The first-order chi connectivity index (χ1) is 6.74. The molecule has 0 bridgehead atoms. The standard InChI is InChI=1S/C9H15N3OS/c1-14-6-3-7-11-8(12-13-7)9(10)4-2-5-9/h2-6,10H2,1H3. The predicted octanol–water partition coefficient (Wildman–Crippen LogP) is 1.31. The van der Waals surface area contributed by atoms with Crippen molar-refractivity contribution in [2.75, 3.05) is 12.0 Å². The van der Waals surface area contributed by atoms with Gasteiger partial charge in [-0.2, -0.15) is 16.7 Å². The Kier molecular flexibility index (Phi) is 2.78. The van der Waals surface area contributed by atoms with Gasteiger partial charge in [-0.1, -0.05) is 5.16 Å². The second-order valence-electron chi connectivity index (χ2n) is 3.76. The molecule has 0 aromatic carbocycles. The minimum absolute atomic E-state index is 0.291. The average molecular weight is 213 g/mol. The topological polar surface area (TPSA) is 64.9 Å². The van der Waals surface area contributed by atoms with Crippen molar-refractivity contribution in [1.82, 2.24) is 10.1 Å². The Morgan fingerprint density at radius 1 is 1.57 bits per heavy atom. The third-order valence-corrected chi connectivity index (χ3v) is 3.29. The number of hydrogen-bond acceptors (Lipinski definition) is 5. The van der Waals surface area contributed by atoms with Crippen LogP contribution in [0, 0.1) is 0 Å². The molecule has 1 aromatic heterocycles. The van der Waals surface area contributed by atoms with Gasteiger partial charge >= 0.3 is 0 Å². The summed E-state index contributed by atoms with van der Waals surface area (Å²) in [5.74, 6) is 2.42. The highest BCUT2D eigenvalue weighted by Crippen LogP contribution is 2.36. The van der Waals surface area contributed by atoms with E-state index in [0.29, 0.717) is 11.7 Å². The van der Waals surface area contributed by atoms with E-state index in [1.165, 1.54) is 6.42 Å². The molecule has 1 heterocycles. The maximum absolute atomic E-state index is 6.08. The van der Waals surface area contributed by atoms with Gasteiger partial charge in [0.15, 0.2) is 5.82 Å². The van der Waals surface area contributed by atoms with E-state index < -0.39 is 0 Å². The van der Waals surface area contributed by atoms with Gasteiger partial charge in [-0.3, -0.25) is 0 Å². The molecule has 0 saturated heterocycles. The molecule has 5 heteroatoms. The Hall–Kier alpha value is -0.550. The number of nitrogens with zero attached hydrogens (tertiary/aromatic N) is 2. The summed E-state index contributed by atoms with van der Waals surface area (Å²) < 4.78 is 5.13. The molecule has 1 fully saturated rings. The van der Waals surface area contributed by atoms with Crippen LogP contribution in [0.2, 0.25) is 0 Å². The lowest BCUT2D eigenvalue weighted by Crippen LogP contribution is -2.44. The maximum Gasteiger partial charge on any atom is 0.227 e. The fourth-order valence-electron chi connectivity index (χ4n) is 1.53. The van der Waals surface area contributed by atoms with Crippen molar-refractivity contribution < 1.29 is 4.52 Å². The summed E-state index contributed by atoms with van der Waals surface area (Å²) in [5.41, 5.74) is 5.79. The monoisotopic (exact) mass is 213 g/mol. The zero-order valence-electron chi connectivity index (χ0n) is 8.32. The molecule has 0 radical (unpaired) electrons. The van der Waals surface area contributed by atoms with Crippen molar-refractivity contribution in [3.63, 3.8) is 0 Å². The van der Waals surface area contributed by atoms with Crippen LogP contribution < -0.4 is 5.73 Å². The van der Waals surface area contributed by atoms with E-state index >= 15 is 0 Å². The highest BCUT2D eigenvalue weighted by Gasteiger charge is 2.38. The Balaban J connectivity index is 2.02. The van der Waals surface area contributed by atoms with Crippen LogP contribution >= 0.6 is 11.8 Å². The van der Waals surface area contributed by atoms with Crippen molar-refractivity contribution in [3.05, 3.63) is 11.7 Å². The first kappa shape index (κ1) is 9.98. The summed E-state index contributed by atoms with van der Waals surface area (Å²) in [6, 6.07) is 0. The van der Waals surface area contributed by atoms with E-state index in [2.05, 4.69) is 16.4 Å². The molecular weight excluding hydrogens is 198 g/mol. The van der Waals surface area contributed by atoms with Gasteiger partial charge in [0, 0.05) is 12.2 Å². The van der Waals surface area contributed by atoms with Crippen LogP contribution in [0.25, 0.3) is 0 Å². The van der Waals surface area contributed by atoms with Crippen LogP contribution in [0.5, 0.6) is 0 Å². The molecule has 1 aliphatic rings. The number of hydrogen-bond donors (Lipinski definition) is 1. The summed E-state index contributed by atoms with van der Waals surface area (Å²) in [7, 11) is 0. The second kappa shape index (κ2) is 3.90. The van der Waals surface area contributed by atoms with Crippen LogP contribution in [0.1, 0.15) is 31.0 Å². The maximum atomic E-state index is 6.08. The lowest BCUT2D eigenvalue weighted by Gasteiger charge is -2.34. The minimum Gasteiger partial charge on any atom is -0.339 e. The molecule has 0 amide bonds. The predicted molar refractivity (Wildman–Crippen MR) is 56.1 cm³/mol. The number of nitrogens with two attached hydrogens (primary N) is 1. The number of thioether (sulfide) groups is 1. The molecule has 4 nitrogen and oxygen atoms in total. The molecule has 2 rings (SSSR count). The summed E-state index contributed by atoms with van der Waals surface area (Å²) >= 11 is 1.77. The van der Waals surface area contributed by atoms with Crippen molar-refractivity contribution in [1.29, 1.82) is 0 Å². The van der Waals surface area contributed by atoms with Crippen molar-refractivity contribution in [2.24, 2.45) is 5.73 Å². The van der Waals surface area contributed by atoms with Gasteiger partial charge in [-0.05, 0) is 25.5 Å². The Bertz CT molecular complexity index is 309. The summed E-state index contributed by atoms with van der Waals surface area (Å²) in [4.78, 5) is 4.33. The van der Waals surface area contributed by atoms with Gasteiger partial charge in [0.1, 0.15) is 0 Å². The highest BCUT2D eigenvalue weighted by molar-refractivity contribution is 7.98. The molecule has 1 saturated carbocycles. The molecule has 0 spiro atoms. The van der Waals surface area contributed by atoms with Crippen LogP contribution in [-0.4, -0.2) is 22.1 Å². The van der Waals surface area contributed by atoms with Crippen molar-refractivity contribution >= 4 is 11.8 Å².